The number of rotatable bonds is 1. The fourth-order valence-electron chi connectivity index (χ4n) is 1.58. The SMILES string of the molecule is [O-][N+]1=c2ccccc2=CN(n2cccn2)N1. The van der Waals surface area contributed by atoms with Gasteiger partial charge in [0.25, 0.3) is 5.36 Å². The molecule has 0 saturated carbocycles. The van der Waals surface area contributed by atoms with Crippen molar-refractivity contribution in [1.29, 1.82) is 0 Å². The number of nitrogens with zero attached hydrogens (tertiary/aromatic N) is 4. The van der Waals surface area contributed by atoms with Gasteiger partial charge in [-0.15, -0.1) is 5.12 Å². The third kappa shape index (κ3) is 1.28. The van der Waals surface area contributed by atoms with Gasteiger partial charge in [0.1, 0.15) is 0 Å². The van der Waals surface area contributed by atoms with Crippen LogP contribution in [0, 0.1) is 5.21 Å². The Hall–Kier alpha value is -2.50. The van der Waals surface area contributed by atoms with E-state index in [0.717, 1.165) is 5.22 Å². The number of hydrazine groups is 2. The van der Waals surface area contributed by atoms with Crippen molar-refractivity contribution in [3.8, 4) is 0 Å². The van der Waals surface area contributed by atoms with Gasteiger partial charge in [-0.2, -0.15) is 9.89 Å². The molecule has 1 N–H and O–H groups in total. The van der Waals surface area contributed by atoms with Crippen molar-refractivity contribution in [3.63, 3.8) is 0 Å². The van der Waals surface area contributed by atoms with E-state index in [-0.39, 0.29) is 0 Å². The summed E-state index contributed by atoms with van der Waals surface area (Å²) in [6.45, 7) is 0. The van der Waals surface area contributed by atoms with E-state index < -0.39 is 0 Å². The van der Waals surface area contributed by atoms with Gasteiger partial charge in [-0.05, 0) is 12.1 Å². The van der Waals surface area contributed by atoms with Gasteiger partial charge in [0.05, 0.1) is 23.8 Å². The second-order valence-corrected chi connectivity index (χ2v) is 3.35. The molecular weight excluding hydrogens is 206 g/mol. The summed E-state index contributed by atoms with van der Waals surface area (Å²) in [4.78, 5) is 2.23. The Morgan fingerprint density at radius 1 is 1.25 bits per heavy atom. The maximum Gasteiger partial charge on any atom is 0.252 e. The molecule has 0 spiro atoms. The van der Waals surface area contributed by atoms with Crippen LogP contribution in [0.4, 0.5) is 0 Å². The van der Waals surface area contributed by atoms with Gasteiger partial charge < -0.3 is 5.21 Å². The molecule has 0 unspecified atom stereocenters. The number of fused-ring (bicyclic) bond motifs is 1. The quantitative estimate of drug-likeness (QED) is 0.473. The van der Waals surface area contributed by atoms with Crippen LogP contribution in [0.1, 0.15) is 0 Å². The van der Waals surface area contributed by atoms with Crippen molar-refractivity contribution in [2.75, 3.05) is 5.12 Å². The number of hydrogen-bond donors (Lipinski definition) is 1. The van der Waals surface area contributed by atoms with Crippen molar-refractivity contribution in [3.05, 3.63) is 58.5 Å². The molecule has 1 aliphatic heterocycles. The molecule has 1 aromatic carbocycles. The normalized spacial score (nSPS) is 14.0. The number of nitrogens with one attached hydrogen (secondary N) is 1. The number of hydrogen-bond acceptors (Lipinski definition) is 4. The fourth-order valence-corrected chi connectivity index (χ4v) is 1.58. The molecule has 6 nitrogen and oxygen atoms in total. The largest absolute Gasteiger partial charge is 0.594 e. The first-order valence-corrected chi connectivity index (χ1v) is 4.81. The summed E-state index contributed by atoms with van der Waals surface area (Å²) in [6, 6.07) is 9.12. The van der Waals surface area contributed by atoms with Crippen LogP contribution >= 0.6 is 0 Å². The van der Waals surface area contributed by atoms with Crippen LogP contribution in [0.15, 0.2) is 42.7 Å². The maximum atomic E-state index is 11.7. The summed E-state index contributed by atoms with van der Waals surface area (Å²) < 4.78 is 0. The molecule has 0 bridgehead atoms. The number of aromatic nitrogens is 2. The van der Waals surface area contributed by atoms with E-state index in [0.29, 0.717) is 10.2 Å². The predicted molar refractivity (Wildman–Crippen MR) is 58.3 cm³/mol. The van der Waals surface area contributed by atoms with Crippen LogP contribution in [-0.4, -0.2) is 9.89 Å². The van der Waals surface area contributed by atoms with E-state index in [1.54, 1.807) is 30.7 Å². The van der Waals surface area contributed by atoms with Crippen molar-refractivity contribution in [2.45, 2.75) is 0 Å². The predicted octanol–water partition coefficient (Wildman–Crippen LogP) is -1.32. The Balaban J connectivity index is 2.17. The second-order valence-electron chi connectivity index (χ2n) is 3.35. The summed E-state index contributed by atoms with van der Waals surface area (Å²) in [6.07, 6.45) is 5.19. The van der Waals surface area contributed by atoms with E-state index in [1.807, 2.05) is 18.2 Å². The monoisotopic (exact) mass is 215 g/mol. The summed E-state index contributed by atoms with van der Waals surface area (Å²) >= 11 is 0. The van der Waals surface area contributed by atoms with Crippen LogP contribution < -0.4 is 26.1 Å². The van der Waals surface area contributed by atoms with Crippen molar-refractivity contribution >= 4 is 6.20 Å². The minimum absolute atomic E-state index is 0.589. The van der Waals surface area contributed by atoms with E-state index in [9.17, 15) is 5.21 Å². The summed E-state index contributed by atoms with van der Waals surface area (Å²) in [7, 11) is 0. The van der Waals surface area contributed by atoms with Gasteiger partial charge in [0.2, 0.25) is 0 Å². The molecule has 6 heteroatoms. The lowest BCUT2D eigenvalue weighted by Gasteiger charge is -2.21. The Kier molecular flexibility index (Phi) is 1.79. The van der Waals surface area contributed by atoms with E-state index >= 15 is 0 Å². The molecule has 2 aromatic rings. The molecular formula is C10H9N5O. The highest BCUT2D eigenvalue weighted by atomic mass is 16.5. The van der Waals surface area contributed by atoms with Crippen LogP contribution in [0.3, 0.4) is 0 Å². The van der Waals surface area contributed by atoms with Crippen LogP contribution in [-0.2, 0) is 0 Å². The molecule has 0 atom stereocenters. The average Bonchev–Trinajstić information content (AvgIpc) is 2.82. The molecule has 3 rings (SSSR count). The molecule has 2 heterocycles. The lowest BCUT2D eigenvalue weighted by molar-refractivity contribution is 0.432. The third-order valence-electron chi connectivity index (χ3n) is 2.32. The average molecular weight is 215 g/mol. The number of benzene rings is 1. The topological polar surface area (TPSA) is 59.2 Å². The Bertz CT molecular complexity index is 619. The van der Waals surface area contributed by atoms with Crippen LogP contribution in [0.25, 0.3) is 6.20 Å². The van der Waals surface area contributed by atoms with Crippen LogP contribution in [0.2, 0.25) is 0 Å². The van der Waals surface area contributed by atoms with Crippen LogP contribution in [0.5, 0.6) is 0 Å². The highest BCUT2D eigenvalue weighted by molar-refractivity contribution is 5.33. The van der Waals surface area contributed by atoms with E-state index in [2.05, 4.69) is 10.6 Å². The molecule has 0 saturated heterocycles. The third-order valence-corrected chi connectivity index (χ3v) is 2.32. The first-order chi connectivity index (χ1) is 7.84. The van der Waals surface area contributed by atoms with Gasteiger partial charge in [0.15, 0.2) is 0 Å². The smallest absolute Gasteiger partial charge is 0.252 e. The molecule has 16 heavy (non-hydrogen) atoms. The first kappa shape index (κ1) is 8.78. The lowest BCUT2D eigenvalue weighted by atomic mass is 10.3. The molecule has 0 fully saturated rings. The Labute approximate surface area is 90.8 Å². The zero-order valence-corrected chi connectivity index (χ0v) is 8.32. The minimum atomic E-state index is 0.589. The first-order valence-electron chi connectivity index (χ1n) is 4.81. The summed E-state index contributed by atoms with van der Waals surface area (Å²) in [5.74, 6) is 0. The number of para-hydroxylation sites is 1. The zero-order chi connectivity index (χ0) is 11.0. The molecule has 0 radical (unpaired) electrons. The van der Waals surface area contributed by atoms with Gasteiger partial charge in [-0.1, -0.05) is 22.5 Å². The maximum absolute atomic E-state index is 11.7. The molecule has 1 aliphatic rings. The highest BCUT2D eigenvalue weighted by Crippen LogP contribution is 1.88. The standard InChI is InChI=1S/C10H9N5O/c16-15-10-5-2-1-4-9(10)8-14(12-15)13-7-3-6-11-13/h1-8,12H. The second kappa shape index (κ2) is 3.27. The van der Waals surface area contributed by atoms with Crippen molar-refractivity contribution in [2.24, 2.45) is 0 Å². The van der Waals surface area contributed by atoms with Crippen molar-refractivity contribution < 1.29 is 0 Å². The van der Waals surface area contributed by atoms with E-state index in [1.165, 1.54) is 9.91 Å². The molecule has 80 valence electrons. The highest BCUT2D eigenvalue weighted by Gasteiger charge is 2.11. The summed E-state index contributed by atoms with van der Waals surface area (Å²) in [5.41, 5.74) is 2.63. The molecule has 0 aliphatic carbocycles. The van der Waals surface area contributed by atoms with Gasteiger partial charge in [0, 0.05) is 6.07 Å². The Morgan fingerprint density at radius 3 is 2.94 bits per heavy atom. The minimum Gasteiger partial charge on any atom is -0.594 e. The van der Waals surface area contributed by atoms with Gasteiger partial charge in [-0.3, -0.25) is 0 Å². The van der Waals surface area contributed by atoms with Gasteiger partial charge >= 0.3 is 0 Å². The molecule has 0 amide bonds. The van der Waals surface area contributed by atoms with Crippen molar-refractivity contribution in [1.82, 2.24) is 20.3 Å². The Morgan fingerprint density at radius 2 is 2.12 bits per heavy atom. The lowest BCUT2D eigenvalue weighted by Crippen LogP contribution is -2.59. The molecule has 1 aromatic heterocycles. The summed E-state index contributed by atoms with van der Waals surface area (Å²) in [5, 5.41) is 18.7. The van der Waals surface area contributed by atoms with E-state index in [4.69, 9.17) is 0 Å². The fraction of sp³-hybridized carbons (Fsp3) is 0. The zero-order valence-electron chi connectivity index (χ0n) is 8.32. The van der Waals surface area contributed by atoms with Gasteiger partial charge in [-0.25, -0.2) is 0 Å².